The second-order valence-electron chi connectivity index (χ2n) is 6.09. The highest BCUT2D eigenvalue weighted by atomic mass is 16.5. The van der Waals surface area contributed by atoms with Gasteiger partial charge in [0.15, 0.2) is 0 Å². The quantitative estimate of drug-likeness (QED) is 0.917. The van der Waals surface area contributed by atoms with Gasteiger partial charge in [0.1, 0.15) is 5.75 Å². The van der Waals surface area contributed by atoms with Crippen LogP contribution in [0.3, 0.4) is 0 Å². The molecule has 0 amide bonds. The van der Waals surface area contributed by atoms with Crippen LogP contribution in [0.5, 0.6) is 5.75 Å². The summed E-state index contributed by atoms with van der Waals surface area (Å²) >= 11 is 0. The Bertz CT molecular complexity index is 449. The molecule has 1 atom stereocenters. The van der Waals surface area contributed by atoms with Crippen molar-refractivity contribution in [3.05, 3.63) is 18.5 Å². The van der Waals surface area contributed by atoms with Crippen molar-refractivity contribution in [1.82, 2.24) is 4.98 Å². The van der Waals surface area contributed by atoms with Crippen LogP contribution in [0.15, 0.2) is 18.5 Å². The number of nitrogens with zero attached hydrogens (tertiary/aromatic N) is 2. The maximum atomic E-state index is 6.05. The Morgan fingerprint density at radius 3 is 2.95 bits per heavy atom. The SMILES string of the molecule is NC1CCCN(c2cncc(OCC3CCOCC3)c2)C1. The summed E-state index contributed by atoms with van der Waals surface area (Å²) in [5.74, 6) is 1.46. The Balaban J connectivity index is 1.57. The van der Waals surface area contributed by atoms with Crippen molar-refractivity contribution in [2.24, 2.45) is 11.7 Å². The molecule has 2 saturated heterocycles. The molecule has 0 radical (unpaired) electrons. The number of pyridine rings is 1. The average Bonchev–Trinajstić information content (AvgIpc) is 2.54. The van der Waals surface area contributed by atoms with Crippen molar-refractivity contribution in [1.29, 1.82) is 0 Å². The molecule has 2 aliphatic heterocycles. The fraction of sp³-hybridized carbons (Fsp3) is 0.688. The number of piperidine rings is 1. The predicted molar refractivity (Wildman–Crippen MR) is 82.7 cm³/mol. The highest BCUT2D eigenvalue weighted by molar-refractivity contribution is 5.48. The highest BCUT2D eigenvalue weighted by Crippen LogP contribution is 2.24. The predicted octanol–water partition coefficient (Wildman–Crippen LogP) is 1.81. The van der Waals surface area contributed by atoms with Crippen molar-refractivity contribution >= 4 is 5.69 Å². The van der Waals surface area contributed by atoms with E-state index in [-0.39, 0.29) is 6.04 Å². The fourth-order valence-electron chi connectivity index (χ4n) is 3.03. The van der Waals surface area contributed by atoms with Crippen molar-refractivity contribution < 1.29 is 9.47 Å². The number of rotatable bonds is 4. The van der Waals surface area contributed by atoms with Crippen LogP contribution in [0, 0.1) is 5.92 Å². The molecule has 1 aromatic heterocycles. The molecule has 0 aliphatic carbocycles. The summed E-state index contributed by atoms with van der Waals surface area (Å²) in [6.45, 7) is 4.44. The normalized spacial score (nSPS) is 24.0. The number of hydrogen-bond acceptors (Lipinski definition) is 5. The van der Waals surface area contributed by atoms with Gasteiger partial charge in [-0.25, -0.2) is 0 Å². The van der Waals surface area contributed by atoms with Crippen LogP contribution in [0.4, 0.5) is 5.69 Å². The average molecular weight is 291 g/mol. The van der Waals surface area contributed by atoms with Crippen LogP contribution in [0.25, 0.3) is 0 Å². The summed E-state index contributed by atoms with van der Waals surface area (Å²) in [6, 6.07) is 2.36. The Morgan fingerprint density at radius 2 is 2.14 bits per heavy atom. The lowest BCUT2D eigenvalue weighted by Gasteiger charge is -2.32. The number of anilines is 1. The van der Waals surface area contributed by atoms with E-state index in [2.05, 4.69) is 16.0 Å². The van der Waals surface area contributed by atoms with Crippen LogP contribution < -0.4 is 15.4 Å². The maximum absolute atomic E-state index is 6.05. The molecule has 0 aromatic carbocycles. The largest absolute Gasteiger partial charge is 0.492 e. The number of aromatic nitrogens is 1. The molecule has 21 heavy (non-hydrogen) atoms. The van der Waals surface area contributed by atoms with Crippen LogP contribution in [-0.2, 0) is 4.74 Å². The molecular formula is C16H25N3O2. The summed E-state index contributed by atoms with van der Waals surface area (Å²) in [5, 5.41) is 0. The van der Waals surface area contributed by atoms with Gasteiger partial charge >= 0.3 is 0 Å². The van der Waals surface area contributed by atoms with E-state index in [1.165, 1.54) is 0 Å². The van der Waals surface area contributed by atoms with Gasteiger partial charge in [-0.2, -0.15) is 0 Å². The third kappa shape index (κ3) is 4.08. The zero-order valence-electron chi connectivity index (χ0n) is 12.5. The lowest BCUT2D eigenvalue weighted by atomic mass is 10.0. The van der Waals surface area contributed by atoms with Crippen LogP contribution >= 0.6 is 0 Å². The first-order valence-electron chi connectivity index (χ1n) is 7.97. The molecule has 1 unspecified atom stereocenters. The minimum atomic E-state index is 0.269. The van der Waals surface area contributed by atoms with Gasteiger partial charge in [0.2, 0.25) is 0 Å². The van der Waals surface area contributed by atoms with E-state index in [1.54, 1.807) is 6.20 Å². The second-order valence-corrected chi connectivity index (χ2v) is 6.09. The minimum Gasteiger partial charge on any atom is -0.492 e. The number of hydrogen-bond donors (Lipinski definition) is 1. The topological polar surface area (TPSA) is 60.6 Å². The van der Waals surface area contributed by atoms with E-state index in [9.17, 15) is 0 Å². The first-order chi connectivity index (χ1) is 10.3. The molecule has 2 N–H and O–H groups in total. The lowest BCUT2D eigenvalue weighted by Crippen LogP contribution is -2.42. The van der Waals surface area contributed by atoms with Crippen molar-refractivity contribution in [3.8, 4) is 5.75 Å². The molecule has 5 nitrogen and oxygen atoms in total. The van der Waals surface area contributed by atoms with E-state index in [4.69, 9.17) is 15.2 Å². The smallest absolute Gasteiger partial charge is 0.139 e. The van der Waals surface area contributed by atoms with Gasteiger partial charge in [-0.3, -0.25) is 4.98 Å². The molecular weight excluding hydrogens is 266 g/mol. The summed E-state index contributed by atoms with van der Waals surface area (Å²) < 4.78 is 11.3. The molecule has 0 spiro atoms. The second kappa shape index (κ2) is 7.09. The van der Waals surface area contributed by atoms with Gasteiger partial charge < -0.3 is 20.1 Å². The van der Waals surface area contributed by atoms with E-state index in [1.807, 2.05) is 6.20 Å². The molecule has 116 valence electrons. The van der Waals surface area contributed by atoms with Gasteiger partial charge in [-0.1, -0.05) is 0 Å². The van der Waals surface area contributed by atoms with Crippen molar-refractivity contribution in [2.45, 2.75) is 31.7 Å². The zero-order valence-corrected chi connectivity index (χ0v) is 12.5. The van der Waals surface area contributed by atoms with E-state index < -0.39 is 0 Å². The van der Waals surface area contributed by atoms with Gasteiger partial charge in [0.25, 0.3) is 0 Å². The Morgan fingerprint density at radius 1 is 1.29 bits per heavy atom. The van der Waals surface area contributed by atoms with E-state index in [0.717, 1.165) is 70.0 Å². The van der Waals surface area contributed by atoms with Crippen molar-refractivity contribution in [3.63, 3.8) is 0 Å². The van der Waals surface area contributed by atoms with E-state index in [0.29, 0.717) is 5.92 Å². The third-order valence-corrected chi connectivity index (χ3v) is 4.35. The summed E-state index contributed by atoms with van der Waals surface area (Å²) in [6.07, 6.45) is 8.15. The van der Waals surface area contributed by atoms with Gasteiger partial charge in [-0.05, 0) is 31.6 Å². The molecule has 3 rings (SSSR count). The number of nitrogens with two attached hydrogens (primary N) is 1. The Labute approximate surface area is 126 Å². The molecule has 5 heteroatoms. The van der Waals surface area contributed by atoms with E-state index >= 15 is 0 Å². The highest BCUT2D eigenvalue weighted by Gasteiger charge is 2.18. The summed E-state index contributed by atoms with van der Waals surface area (Å²) in [5.41, 5.74) is 7.17. The Hall–Kier alpha value is -1.33. The fourth-order valence-corrected chi connectivity index (χ4v) is 3.03. The molecule has 1 aromatic rings. The van der Waals surface area contributed by atoms with Crippen LogP contribution in [-0.4, -0.2) is 43.9 Å². The molecule has 3 heterocycles. The maximum Gasteiger partial charge on any atom is 0.139 e. The van der Waals surface area contributed by atoms with Crippen LogP contribution in [0.1, 0.15) is 25.7 Å². The third-order valence-electron chi connectivity index (χ3n) is 4.35. The van der Waals surface area contributed by atoms with Crippen LogP contribution in [0.2, 0.25) is 0 Å². The number of ether oxygens (including phenoxy) is 2. The molecule has 2 aliphatic rings. The standard InChI is InChI=1S/C16H25N3O2/c17-14-2-1-5-19(11-14)15-8-16(10-18-9-15)21-12-13-3-6-20-7-4-13/h8-10,13-14H,1-7,11-12,17H2. The minimum absolute atomic E-state index is 0.269. The van der Waals surface area contributed by atoms with Crippen molar-refractivity contribution in [2.75, 3.05) is 37.8 Å². The summed E-state index contributed by atoms with van der Waals surface area (Å²) in [7, 11) is 0. The first-order valence-corrected chi connectivity index (χ1v) is 7.97. The Kier molecular flexibility index (Phi) is 4.93. The molecule has 2 fully saturated rings. The van der Waals surface area contributed by atoms with Gasteiger partial charge in [-0.15, -0.1) is 0 Å². The zero-order chi connectivity index (χ0) is 14.5. The monoisotopic (exact) mass is 291 g/mol. The van der Waals surface area contributed by atoms with Gasteiger partial charge in [0, 0.05) is 38.4 Å². The first kappa shape index (κ1) is 14.6. The molecule has 0 saturated carbocycles. The summed E-state index contributed by atoms with van der Waals surface area (Å²) in [4.78, 5) is 6.62. The van der Waals surface area contributed by atoms with Gasteiger partial charge in [0.05, 0.1) is 24.7 Å². The lowest BCUT2D eigenvalue weighted by molar-refractivity contribution is 0.0497. The molecule has 0 bridgehead atoms.